The summed E-state index contributed by atoms with van der Waals surface area (Å²) in [5, 5.41) is 14.6. The van der Waals surface area contributed by atoms with Crippen molar-refractivity contribution >= 4 is 17.8 Å². The molecule has 0 saturated carbocycles. The fourth-order valence-corrected chi connectivity index (χ4v) is 2.80. The molecule has 2 aromatic rings. The second-order valence-corrected chi connectivity index (χ2v) is 7.26. The van der Waals surface area contributed by atoms with Crippen molar-refractivity contribution in [2.45, 2.75) is 51.2 Å². The van der Waals surface area contributed by atoms with Gasteiger partial charge in [-0.3, -0.25) is 9.59 Å². The van der Waals surface area contributed by atoms with E-state index in [4.69, 9.17) is 5.73 Å². The van der Waals surface area contributed by atoms with Crippen LogP contribution in [0.5, 0.6) is 0 Å². The van der Waals surface area contributed by atoms with Gasteiger partial charge >= 0.3 is 5.97 Å². The number of imidazole rings is 2. The molecule has 0 saturated heterocycles. The average Bonchev–Trinajstić information content (AvgIpc) is 3.33. The summed E-state index contributed by atoms with van der Waals surface area (Å²) in [5.41, 5.74) is 7.20. The van der Waals surface area contributed by atoms with Gasteiger partial charge < -0.3 is 31.4 Å². The molecule has 0 bridgehead atoms. The molecule has 2 rings (SSSR count). The van der Waals surface area contributed by atoms with Crippen molar-refractivity contribution in [3.05, 3.63) is 36.4 Å². The Labute approximate surface area is 167 Å². The number of carbonyl (C=O) groups is 3. The molecule has 0 radical (unpaired) electrons. The first kappa shape index (κ1) is 22.1. The van der Waals surface area contributed by atoms with Crippen LogP contribution in [0.2, 0.25) is 0 Å². The number of carboxylic acid groups (broad SMARTS) is 1. The largest absolute Gasteiger partial charge is 0.480 e. The van der Waals surface area contributed by atoms with E-state index < -0.39 is 35.9 Å². The number of aromatic nitrogens is 4. The smallest absolute Gasteiger partial charge is 0.326 e. The molecule has 0 aromatic carbocycles. The molecule has 3 atom stereocenters. The highest BCUT2D eigenvalue weighted by Gasteiger charge is 2.29. The van der Waals surface area contributed by atoms with E-state index >= 15 is 0 Å². The Hall–Kier alpha value is -3.21. The van der Waals surface area contributed by atoms with Crippen molar-refractivity contribution in [2.24, 2.45) is 11.7 Å². The second kappa shape index (κ2) is 10.4. The van der Waals surface area contributed by atoms with Crippen LogP contribution in [-0.2, 0) is 27.2 Å². The summed E-state index contributed by atoms with van der Waals surface area (Å²) in [7, 11) is 0. The summed E-state index contributed by atoms with van der Waals surface area (Å²) in [5.74, 6) is -2.17. The predicted molar refractivity (Wildman–Crippen MR) is 104 cm³/mol. The highest BCUT2D eigenvalue weighted by Crippen LogP contribution is 2.08. The van der Waals surface area contributed by atoms with E-state index in [0.717, 1.165) is 0 Å². The first-order chi connectivity index (χ1) is 13.8. The minimum Gasteiger partial charge on any atom is -0.480 e. The van der Waals surface area contributed by atoms with Gasteiger partial charge in [0.15, 0.2) is 0 Å². The maximum atomic E-state index is 12.7. The lowest BCUT2D eigenvalue weighted by molar-refractivity contribution is -0.142. The van der Waals surface area contributed by atoms with E-state index in [1.54, 1.807) is 6.20 Å². The Morgan fingerprint density at radius 1 is 1.00 bits per heavy atom. The van der Waals surface area contributed by atoms with Crippen LogP contribution in [0.25, 0.3) is 0 Å². The van der Waals surface area contributed by atoms with Crippen molar-refractivity contribution in [2.75, 3.05) is 0 Å². The van der Waals surface area contributed by atoms with Gasteiger partial charge in [0, 0.05) is 36.6 Å². The van der Waals surface area contributed by atoms with E-state index in [1.807, 2.05) is 13.8 Å². The van der Waals surface area contributed by atoms with Crippen LogP contribution in [0.3, 0.4) is 0 Å². The van der Waals surface area contributed by atoms with Crippen LogP contribution < -0.4 is 16.4 Å². The lowest BCUT2D eigenvalue weighted by atomic mass is 10.0. The summed E-state index contributed by atoms with van der Waals surface area (Å²) in [6.07, 6.45) is 6.59. The number of nitrogens with two attached hydrogens (primary N) is 1. The van der Waals surface area contributed by atoms with Crippen molar-refractivity contribution in [1.29, 1.82) is 0 Å². The third-order valence-corrected chi connectivity index (χ3v) is 4.27. The van der Waals surface area contributed by atoms with Crippen molar-refractivity contribution in [1.82, 2.24) is 30.6 Å². The molecule has 29 heavy (non-hydrogen) atoms. The molecule has 0 unspecified atom stereocenters. The number of hydrogen-bond donors (Lipinski definition) is 6. The molecule has 7 N–H and O–H groups in total. The van der Waals surface area contributed by atoms with Crippen LogP contribution in [-0.4, -0.2) is 61.0 Å². The summed E-state index contributed by atoms with van der Waals surface area (Å²) in [6, 6.07) is -2.94. The number of H-pyrrole nitrogens is 2. The third kappa shape index (κ3) is 7.03. The minimum absolute atomic E-state index is 0.0444. The Bertz CT molecular complexity index is 789. The molecule has 0 spiro atoms. The zero-order chi connectivity index (χ0) is 21.4. The topological polar surface area (TPSA) is 179 Å². The summed E-state index contributed by atoms with van der Waals surface area (Å²) >= 11 is 0. The Morgan fingerprint density at radius 3 is 2.03 bits per heavy atom. The number of carboxylic acids is 1. The monoisotopic (exact) mass is 405 g/mol. The minimum atomic E-state index is -1.18. The fraction of sp³-hybridized carbons (Fsp3) is 0.500. The predicted octanol–water partition coefficient (Wildman–Crippen LogP) is -0.654. The molecule has 158 valence electrons. The van der Waals surface area contributed by atoms with E-state index in [1.165, 1.54) is 18.9 Å². The van der Waals surface area contributed by atoms with Gasteiger partial charge in [-0.2, -0.15) is 0 Å². The van der Waals surface area contributed by atoms with E-state index in [2.05, 4.69) is 30.6 Å². The Morgan fingerprint density at radius 2 is 1.55 bits per heavy atom. The van der Waals surface area contributed by atoms with E-state index in [0.29, 0.717) is 17.8 Å². The molecule has 2 aromatic heterocycles. The highest BCUT2D eigenvalue weighted by molar-refractivity contribution is 5.91. The normalized spacial score (nSPS) is 14.2. The standard InChI is InChI=1S/C18H27N7O4/c1-10(2)3-14(24-16(26)13(19)4-11-6-20-8-22-11)17(27)25-15(18(28)29)5-12-7-21-9-23-12/h6-10,13-15H,3-5,19H2,1-2H3,(H,20,22)(H,21,23)(H,24,26)(H,25,27)(H,28,29)/t13-,14-,15-/m0/s1. The van der Waals surface area contributed by atoms with Gasteiger partial charge in [-0.1, -0.05) is 13.8 Å². The number of nitrogens with one attached hydrogen (secondary N) is 4. The van der Waals surface area contributed by atoms with Gasteiger partial charge in [0.25, 0.3) is 0 Å². The second-order valence-electron chi connectivity index (χ2n) is 7.26. The van der Waals surface area contributed by atoms with Crippen molar-refractivity contribution in [3.8, 4) is 0 Å². The number of carbonyl (C=O) groups excluding carboxylic acids is 2. The number of rotatable bonds is 11. The van der Waals surface area contributed by atoms with Gasteiger partial charge in [-0.05, 0) is 12.3 Å². The first-order valence-electron chi connectivity index (χ1n) is 9.29. The number of nitrogens with zero attached hydrogens (tertiary/aromatic N) is 2. The van der Waals surface area contributed by atoms with Crippen LogP contribution in [0.15, 0.2) is 25.0 Å². The summed E-state index contributed by atoms with van der Waals surface area (Å²) < 4.78 is 0. The van der Waals surface area contributed by atoms with E-state index in [-0.39, 0.29) is 18.8 Å². The van der Waals surface area contributed by atoms with Gasteiger partial charge in [0.2, 0.25) is 11.8 Å². The molecule has 11 heteroatoms. The molecule has 0 aliphatic heterocycles. The van der Waals surface area contributed by atoms with Gasteiger partial charge in [0.05, 0.1) is 18.7 Å². The molecular weight excluding hydrogens is 378 g/mol. The van der Waals surface area contributed by atoms with Crippen molar-refractivity contribution in [3.63, 3.8) is 0 Å². The molecule has 11 nitrogen and oxygen atoms in total. The lowest BCUT2D eigenvalue weighted by Gasteiger charge is -2.24. The van der Waals surface area contributed by atoms with Gasteiger partial charge in [0.1, 0.15) is 12.1 Å². The number of aliphatic carboxylic acids is 1. The summed E-state index contributed by atoms with van der Waals surface area (Å²) in [6.45, 7) is 3.80. The fourth-order valence-electron chi connectivity index (χ4n) is 2.80. The lowest BCUT2D eigenvalue weighted by Crippen LogP contribution is -2.55. The van der Waals surface area contributed by atoms with Crippen LogP contribution in [0.4, 0.5) is 0 Å². The maximum Gasteiger partial charge on any atom is 0.326 e. The first-order valence-corrected chi connectivity index (χ1v) is 9.29. The van der Waals surface area contributed by atoms with Crippen molar-refractivity contribution < 1.29 is 19.5 Å². The number of aromatic amines is 2. The third-order valence-electron chi connectivity index (χ3n) is 4.27. The van der Waals surface area contributed by atoms with Gasteiger partial charge in [-0.25, -0.2) is 14.8 Å². The average molecular weight is 405 g/mol. The summed E-state index contributed by atoms with van der Waals surface area (Å²) in [4.78, 5) is 50.1. The van der Waals surface area contributed by atoms with Crippen LogP contribution >= 0.6 is 0 Å². The van der Waals surface area contributed by atoms with Gasteiger partial charge in [-0.15, -0.1) is 0 Å². The number of hydrogen-bond acceptors (Lipinski definition) is 6. The Kier molecular flexibility index (Phi) is 7.89. The molecule has 2 amide bonds. The number of amides is 2. The maximum absolute atomic E-state index is 12.7. The SMILES string of the molecule is CC(C)C[C@H](NC(=O)[C@@H](N)Cc1cnc[nH]1)C(=O)N[C@@H](Cc1cnc[nH]1)C(=O)O. The van der Waals surface area contributed by atoms with E-state index in [9.17, 15) is 19.5 Å². The molecular formula is C18H27N7O4. The quantitative estimate of drug-likeness (QED) is 0.287. The van der Waals surface area contributed by atoms with Crippen LogP contribution in [0, 0.1) is 5.92 Å². The molecule has 0 fully saturated rings. The Balaban J connectivity index is 2.01. The molecule has 0 aliphatic rings. The molecule has 2 heterocycles. The highest BCUT2D eigenvalue weighted by atomic mass is 16.4. The van der Waals surface area contributed by atoms with Crippen LogP contribution in [0.1, 0.15) is 31.7 Å². The zero-order valence-electron chi connectivity index (χ0n) is 16.4. The molecule has 0 aliphatic carbocycles. The zero-order valence-corrected chi connectivity index (χ0v) is 16.4.